The summed E-state index contributed by atoms with van der Waals surface area (Å²) in [5, 5.41) is 2.65. The molecule has 11 heteroatoms. The van der Waals surface area contributed by atoms with E-state index in [2.05, 4.69) is 5.32 Å². The summed E-state index contributed by atoms with van der Waals surface area (Å²) in [6.45, 7) is 1.19. The van der Waals surface area contributed by atoms with Crippen molar-refractivity contribution >= 4 is 31.6 Å². The number of sulfonamides is 2. The highest BCUT2D eigenvalue weighted by Crippen LogP contribution is 2.20. The zero-order chi connectivity index (χ0) is 21.9. The molecule has 162 valence electrons. The first kappa shape index (κ1) is 22.4. The second-order valence-electron chi connectivity index (χ2n) is 6.81. The molecule has 0 atom stereocenters. The van der Waals surface area contributed by atoms with Gasteiger partial charge < -0.3 is 10.1 Å². The third-order valence-electron chi connectivity index (χ3n) is 4.59. The Morgan fingerprint density at radius 3 is 2.20 bits per heavy atom. The van der Waals surface area contributed by atoms with Gasteiger partial charge in [-0.15, -0.1) is 0 Å². The molecule has 0 aliphatic carbocycles. The highest BCUT2D eigenvalue weighted by molar-refractivity contribution is 7.89. The maximum atomic E-state index is 12.8. The molecule has 1 fully saturated rings. The number of amides is 1. The lowest BCUT2D eigenvalue weighted by atomic mass is 10.2. The number of nitrogens with one attached hydrogen (secondary N) is 1. The van der Waals surface area contributed by atoms with Crippen LogP contribution in [-0.2, 0) is 24.8 Å². The van der Waals surface area contributed by atoms with Crippen LogP contribution in [0, 0.1) is 0 Å². The van der Waals surface area contributed by atoms with Crippen LogP contribution < -0.4 is 5.32 Å². The molecule has 2 aromatic carbocycles. The number of carbonyl (C=O) groups is 1. The molecule has 1 N–H and O–H groups in total. The normalized spacial score (nSPS) is 15.8. The number of morpholine rings is 1. The number of carbonyl (C=O) groups excluding carboxylic acids is 1. The van der Waals surface area contributed by atoms with E-state index in [0.717, 1.165) is 4.31 Å². The summed E-state index contributed by atoms with van der Waals surface area (Å²) in [5.74, 6) is -0.503. The van der Waals surface area contributed by atoms with Crippen molar-refractivity contribution < 1.29 is 26.4 Å². The van der Waals surface area contributed by atoms with Crippen LogP contribution in [0.25, 0.3) is 0 Å². The topological polar surface area (TPSA) is 113 Å². The number of hydrogen-bond donors (Lipinski definition) is 1. The minimum absolute atomic E-state index is 0.0319. The minimum Gasteiger partial charge on any atom is -0.379 e. The van der Waals surface area contributed by atoms with E-state index < -0.39 is 26.0 Å². The van der Waals surface area contributed by atoms with Crippen molar-refractivity contribution in [2.75, 3.05) is 45.7 Å². The Hall–Kier alpha value is -2.31. The van der Waals surface area contributed by atoms with Crippen molar-refractivity contribution in [3.8, 4) is 0 Å². The van der Waals surface area contributed by atoms with Crippen molar-refractivity contribution in [1.29, 1.82) is 0 Å². The van der Waals surface area contributed by atoms with E-state index in [9.17, 15) is 21.6 Å². The van der Waals surface area contributed by atoms with Gasteiger partial charge >= 0.3 is 0 Å². The third kappa shape index (κ3) is 4.71. The first-order valence-electron chi connectivity index (χ1n) is 9.14. The molecule has 3 rings (SSSR count). The molecule has 2 aromatic rings. The van der Waals surface area contributed by atoms with Crippen LogP contribution in [0.15, 0.2) is 58.3 Å². The number of nitrogens with zero attached hydrogens (tertiary/aromatic N) is 2. The van der Waals surface area contributed by atoms with E-state index >= 15 is 0 Å². The Labute approximate surface area is 176 Å². The van der Waals surface area contributed by atoms with Crippen LogP contribution in [-0.4, -0.2) is 71.8 Å². The van der Waals surface area contributed by atoms with Crippen molar-refractivity contribution in [2.24, 2.45) is 0 Å². The first-order chi connectivity index (χ1) is 14.1. The van der Waals surface area contributed by atoms with Crippen LogP contribution in [0.4, 0.5) is 5.69 Å². The average Bonchev–Trinajstić information content (AvgIpc) is 2.74. The lowest BCUT2D eigenvalue weighted by molar-refractivity contribution is 0.0730. The van der Waals surface area contributed by atoms with Crippen molar-refractivity contribution in [3.05, 3.63) is 54.1 Å². The van der Waals surface area contributed by atoms with E-state index in [4.69, 9.17) is 4.74 Å². The van der Waals surface area contributed by atoms with Gasteiger partial charge in [0.1, 0.15) is 0 Å². The van der Waals surface area contributed by atoms with Crippen molar-refractivity contribution in [1.82, 2.24) is 8.61 Å². The van der Waals surface area contributed by atoms with E-state index in [1.807, 2.05) is 0 Å². The molecule has 1 amide bonds. The van der Waals surface area contributed by atoms with Crippen LogP contribution in [0.5, 0.6) is 0 Å². The van der Waals surface area contributed by atoms with Gasteiger partial charge in [-0.1, -0.05) is 6.07 Å². The van der Waals surface area contributed by atoms with Gasteiger partial charge in [0.05, 0.1) is 23.0 Å². The van der Waals surface area contributed by atoms with Gasteiger partial charge in [-0.3, -0.25) is 4.79 Å². The van der Waals surface area contributed by atoms with E-state index in [-0.39, 0.29) is 28.4 Å². The van der Waals surface area contributed by atoms with Gasteiger partial charge in [-0.2, -0.15) is 4.31 Å². The molecule has 1 heterocycles. The van der Waals surface area contributed by atoms with Gasteiger partial charge in [-0.05, 0) is 42.5 Å². The highest BCUT2D eigenvalue weighted by atomic mass is 32.2. The second kappa shape index (κ2) is 8.82. The zero-order valence-corrected chi connectivity index (χ0v) is 18.2. The van der Waals surface area contributed by atoms with Crippen LogP contribution in [0.1, 0.15) is 10.4 Å². The first-order valence-corrected chi connectivity index (χ1v) is 12.0. The Morgan fingerprint density at radius 1 is 0.967 bits per heavy atom. The van der Waals surface area contributed by atoms with Gasteiger partial charge in [0, 0.05) is 38.4 Å². The third-order valence-corrected chi connectivity index (χ3v) is 8.32. The fourth-order valence-electron chi connectivity index (χ4n) is 2.86. The molecular weight excluding hydrogens is 430 g/mol. The second-order valence-corrected chi connectivity index (χ2v) is 10.9. The van der Waals surface area contributed by atoms with E-state index in [1.54, 1.807) is 0 Å². The predicted molar refractivity (Wildman–Crippen MR) is 111 cm³/mol. The molecule has 1 aliphatic rings. The highest BCUT2D eigenvalue weighted by Gasteiger charge is 2.27. The zero-order valence-electron chi connectivity index (χ0n) is 16.6. The summed E-state index contributed by atoms with van der Waals surface area (Å²) >= 11 is 0. The summed E-state index contributed by atoms with van der Waals surface area (Å²) in [5.41, 5.74) is 0.563. The van der Waals surface area contributed by atoms with Gasteiger partial charge in [-0.25, -0.2) is 21.1 Å². The molecular formula is C19H23N3O6S2. The Balaban J connectivity index is 1.77. The molecule has 0 spiro atoms. The average molecular weight is 454 g/mol. The Kier molecular flexibility index (Phi) is 6.58. The van der Waals surface area contributed by atoms with E-state index in [0.29, 0.717) is 18.9 Å². The summed E-state index contributed by atoms with van der Waals surface area (Å²) in [7, 11) is -4.42. The van der Waals surface area contributed by atoms with Crippen molar-refractivity contribution in [3.63, 3.8) is 0 Å². The smallest absolute Gasteiger partial charge is 0.255 e. The SMILES string of the molecule is CN(C)S(=O)(=O)c1ccc(NC(=O)c2cccc(S(=O)(=O)N3CCOCC3)c2)cc1. The van der Waals surface area contributed by atoms with E-state index in [1.165, 1.54) is 66.9 Å². The molecule has 30 heavy (non-hydrogen) atoms. The Bertz CT molecular complexity index is 1120. The lowest BCUT2D eigenvalue weighted by Gasteiger charge is -2.26. The number of benzene rings is 2. The van der Waals surface area contributed by atoms with Crippen LogP contribution >= 0.6 is 0 Å². The molecule has 0 bridgehead atoms. The monoisotopic (exact) mass is 453 g/mol. The molecule has 0 unspecified atom stereocenters. The van der Waals surface area contributed by atoms with Gasteiger partial charge in [0.15, 0.2) is 0 Å². The molecule has 0 aromatic heterocycles. The lowest BCUT2D eigenvalue weighted by Crippen LogP contribution is -2.40. The maximum absolute atomic E-state index is 12.8. The van der Waals surface area contributed by atoms with Crippen LogP contribution in [0.2, 0.25) is 0 Å². The molecule has 9 nitrogen and oxygen atoms in total. The quantitative estimate of drug-likeness (QED) is 0.703. The standard InChI is InChI=1S/C19H23N3O6S2/c1-21(2)29(24,25)17-8-6-16(7-9-17)20-19(23)15-4-3-5-18(14-15)30(26,27)22-10-12-28-13-11-22/h3-9,14H,10-13H2,1-2H3,(H,20,23). The fourth-order valence-corrected chi connectivity index (χ4v) is 5.21. The number of rotatable bonds is 6. The van der Waals surface area contributed by atoms with Gasteiger partial charge in [0.25, 0.3) is 5.91 Å². The fraction of sp³-hybridized carbons (Fsp3) is 0.316. The van der Waals surface area contributed by atoms with Crippen LogP contribution in [0.3, 0.4) is 0 Å². The number of ether oxygens (including phenoxy) is 1. The van der Waals surface area contributed by atoms with Crippen molar-refractivity contribution in [2.45, 2.75) is 9.79 Å². The number of anilines is 1. The minimum atomic E-state index is -3.72. The summed E-state index contributed by atoms with van der Waals surface area (Å²) in [6.07, 6.45) is 0. The summed E-state index contributed by atoms with van der Waals surface area (Å²) in [4.78, 5) is 12.7. The summed E-state index contributed by atoms with van der Waals surface area (Å²) < 4.78 is 57.4. The number of hydrogen-bond acceptors (Lipinski definition) is 6. The predicted octanol–water partition coefficient (Wildman–Crippen LogP) is 1.21. The Morgan fingerprint density at radius 2 is 1.60 bits per heavy atom. The summed E-state index contributed by atoms with van der Waals surface area (Å²) in [6, 6.07) is 11.5. The molecule has 0 radical (unpaired) electrons. The molecule has 1 aliphatic heterocycles. The largest absolute Gasteiger partial charge is 0.379 e. The maximum Gasteiger partial charge on any atom is 0.255 e. The van der Waals surface area contributed by atoms with Gasteiger partial charge in [0.2, 0.25) is 20.0 Å². The molecule has 1 saturated heterocycles. The molecule has 0 saturated carbocycles.